The maximum atomic E-state index is 10.9. The molecule has 0 radical (unpaired) electrons. The second-order valence-corrected chi connectivity index (χ2v) is 4.80. The molecular weight excluding hydrogens is 294 g/mol. The van der Waals surface area contributed by atoms with Crippen molar-refractivity contribution in [2.75, 3.05) is 5.73 Å². The van der Waals surface area contributed by atoms with E-state index < -0.39 is 5.97 Å². The predicted molar refractivity (Wildman–Crippen MR) is 82.9 cm³/mol. The molecule has 0 unspecified atom stereocenters. The summed E-state index contributed by atoms with van der Waals surface area (Å²) in [6.45, 7) is 0. The second kappa shape index (κ2) is 5.61. The minimum Gasteiger partial charge on any atom is -0.478 e. The first-order chi connectivity index (χ1) is 11.1. The van der Waals surface area contributed by atoms with Gasteiger partial charge in [0.2, 0.25) is 0 Å². The van der Waals surface area contributed by atoms with E-state index in [1.807, 2.05) is 12.1 Å². The number of aromatic nitrogens is 3. The number of nitriles is 1. The van der Waals surface area contributed by atoms with Gasteiger partial charge in [-0.25, -0.2) is 14.5 Å². The van der Waals surface area contributed by atoms with Crippen molar-refractivity contribution in [3.63, 3.8) is 0 Å². The molecule has 3 N–H and O–H groups in total. The minimum absolute atomic E-state index is 0.0490. The summed E-state index contributed by atoms with van der Waals surface area (Å²) < 4.78 is 1.32. The summed E-state index contributed by atoms with van der Waals surface area (Å²) in [5.41, 5.74) is 8.24. The quantitative estimate of drug-likeness (QED) is 0.715. The zero-order valence-corrected chi connectivity index (χ0v) is 11.8. The first kappa shape index (κ1) is 14.3. The van der Waals surface area contributed by atoms with E-state index in [0.29, 0.717) is 22.6 Å². The van der Waals surface area contributed by atoms with Gasteiger partial charge < -0.3 is 10.8 Å². The van der Waals surface area contributed by atoms with E-state index in [2.05, 4.69) is 16.2 Å². The highest BCUT2D eigenvalue weighted by Gasteiger charge is 2.11. The fourth-order valence-electron chi connectivity index (χ4n) is 2.11. The SMILES string of the molecule is N#Cc1cc(-n2cc(C(=O)O)cn2)ncc1-c1ccc(N)cc1. The topological polar surface area (TPSA) is 118 Å². The van der Waals surface area contributed by atoms with Crippen LogP contribution in [0.3, 0.4) is 0 Å². The Bertz CT molecular complexity index is 922. The Labute approximate surface area is 131 Å². The molecule has 0 aliphatic carbocycles. The van der Waals surface area contributed by atoms with Gasteiger partial charge in [0, 0.05) is 29.7 Å². The van der Waals surface area contributed by atoms with Crippen LogP contribution in [0.5, 0.6) is 0 Å². The molecule has 3 aromatic rings. The summed E-state index contributed by atoms with van der Waals surface area (Å²) in [7, 11) is 0. The third-order valence-corrected chi connectivity index (χ3v) is 3.30. The summed E-state index contributed by atoms with van der Waals surface area (Å²) in [5.74, 6) is -0.705. The van der Waals surface area contributed by atoms with Crippen LogP contribution in [-0.2, 0) is 0 Å². The van der Waals surface area contributed by atoms with Crippen LogP contribution in [0.25, 0.3) is 16.9 Å². The maximum absolute atomic E-state index is 10.9. The molecule has 7 heteroatoms. The van der Waals surface area contributed by atoms with Gasteiger partial charge >= 0.3 is 5.97 Å². The largest absolute Gasteiger partial charge is 0.478 e. The molecule has 0 fully saturated rings. The standard InChI is InChI=1S/C16H11N5O2/c17-6-11-5-15(21-9-12(7-20-21)16(22)23)19-8-14(11)10-1-3-13(18)4-2-10/h1-5,7-9H,18H2,(H,22,23). The van der Waals surface area contributed by atoms with Crippen LogP contribution in [0, 0.1) is 11.3 Å². The number of benzene rings is 1. The highest BCUT2D eigenvalue weighted by molar-refractivity contribution is 5.87. The van der Waals surface area contributed by atoms with Crippen molar-refractivity contribution in [3.05, 3.63) is 60.0 Å². The van der Waals surface area contributed by atoms with E-state index in [9.17, 15) is 10.1 Å². The number of hydrogen-bond donors (Lipinski definition) is 2. The summed E-state index contributed by atoms with van der Waals surface area (Å²) in [5, 5.41) is 22.2. The lowest BCUT2D eigenvalue weighted by atomic mass is 10.0. The number of hydrogen-bond acceptors (Lipinski definition) is 5. The first-order valence-corrected chi connectivity index (χ1v) is 6.63. The molecule has 0 spiro atoms. The van der Waals surface area contributed by atoms with Crippen molar-refractivity contribution < 1.29 is 9.90 Å². The molecule has 3 rings (SSSR count). The minimum atomic E-state index is -1.07. The maximum Gasteiger partial charge on any atom is 0.338 e. The van der Waals surface area contributed by atoms with Crippen LogP contribution in [0.1, 0.15) is 15.9 Å². The number of carboxylic acids is 1. The van der Waals surface area contributed by atoms with E-state index in [0.717, 1.165) is 5.56 Å². The fourth-order valence-corrected chi connectivity index (χ4v) is 2.11. The molecule has 0 saturated carbocycles. The number of nitrogens with two attached hydrogens (primary N) is 1. The highest BCUT2D eigenvalue weighted by Crippen LogP contribution is 2.24. The third kappa shape index (κ3) is 2.73. The fraction of sp³-hybridized carbons (Fsp3) is 0. The van der Waals surface area contributed by atoms with Crippen molar-refractivity contribution in [2.45, 2.75) is 0 Å². The second-order valence-electron chi connectivity index (χ2n) is 4.80. The van der Waals surface area contributed by atoms with Gasteiger partial charge in [0.05, 0.1) is 23.4 Å². The monoisotopic (exact) mass is 305 g/mol. The molecule has 2 heterocycles. The zero-order chi connectivity index (χ0) is 16.4. The van der Waals surface area contributed by atoms with E-state index in [4.69, 9.17) is 10.8 Å². The van der Waals surface area contributed by atoms with E-state index in [1.54, 1.807) is 24.4 Å². The number of aromatic carboxylic acids is 1. The lowest BCUT2D eigenvalue weighted by Gasteiger charge is -2.07. The zero-order valence-electron chi connectivity index (χ0n) is 11.8. The van der Waals surface area contributed by atoms with Gasteiger partial charge in [-0.3, -0.25) is 0 Å². The van der Waals surface area contributed by atoms with Crippen molar-refractivity contribution in [3.8, 4) is 23.0 Å². The molecule has 1 aromatic carbocycles. The van der Waals surface area contributed by atoms with Crippen molar-refractivity contribution in [1.82, 2.24) is 14.8 Å². The molecule has 112 valence electrons. The molecule has 0 amide bonds. The average molecular weight is 305 g/mol. The Balaban J connectivity index is 2.04. The van der Waals surface area contributed by atoms with Crippen LogP contribution in [-0.4, -0.2) is 25.8 Å². The van der Waals surface area contributed by atoms with Crippen LogP contribution in [0.2, 0.25) is 0 Å². The average Bonchev–Trinajstić information content (AvgIpc) is 3.05. The molecule has 0 aliphatic rings. The molecule has 0 aliphatic heterocycles. The van der Waals surface area contributed by atoms with Crippen molar-refractivity contribution in [1.29, 1.82) is 5.26 Å². The van der Waals surface area contributed by atoms with Crippen molar-refractivity contribution in [2.24, 2.45) is 0 Å². The molecule has 23 heavy (non-hydrogen) atoms. The molecule has 0 bridgehead atoms. The molecule has 7 nitrogen and oxygen atoms in total. The summed E-state index contributed by atoms with van der Waals surface area (Å²) in [6, 6.07) is 10.8. The molecule has 0 atom stereocenters. The van der Waals surface area contributed by atoms with Crippen LogP contribution in [0.15, 0.2) is 48.9 Å². The van der Waals surface area contributed by atoms with Gasteiger partial charge in [-0.15, -0.1) is 0 Å². The van der Waals surface area contributed by atoms with Gasteiger partial charge in [0.25, 0.3) is 0 Å². The lowest BCUT2D eigenvalue weighted by Crippen LogP contribution is -2.00. The third-order valence-electron chi connectivity index (χ3n) is 3.30. The van der Waals surface area contributed by atoms with Gasteiger partial charge in [-0.2, -0.15) is 10.4 Å². The summed E-state index contributed by atoms with van der Waals surface area (Å²) in [6.07, 6.45) is 4.13. The predicted octanol–water partition coefficient (Wildman–Crippen LogP) is 2.09. The smallest absolute Gasteiger partial charge is 0.338 e. The Kier molecular flexibility index (Phi) is 3.49. The van der Waals surface area contributed by atoms with Crippen LogP contribution >= 0.6 is 0 Å². The number of carbonyl (C=O) groups is 1. The first-order valence-electron chi connectivity index (χ1n) is 6.63. The Morgan fingerprint density at radius 1 is 1.26 bits per heavy atom. The molecular formula is C16H11N5O2. The van der Waals surface area contributed by atoms with Crippen LogP contribution in [0.4, 0.5) is 5.69 Å². The summed E-state index contributed by atoms with van der Waals surface area (Å²) >= 11 is 0. The van der Waals surface area contributed by atoms with E-state index in [1.165, 1.54) is 17.1 Å². The van der Waals surface area contributed by atoms with E-state index in [-0.39, 0.29) is 5.56 Å². The number of anilines is 1. The number of nitrogens with zero attached hydrogens (tertiary/aromatic N) is 4. The molecule has 0 saturated heterocycles. The number of carboxylic acid groups (broad SMARTS) is 1. The molecule has 2 aromatic heterocycles. The van der Waals surface area contributed by atoms with Gasteiger partial charge in [-0.05, 0) is 17.7 Å². The summed E-state index contributed by atoms with van der Waals surface area (Å²) in [4.78, 5) is 15.2. The Hall–Kier alpha value is -3.66. The number of rotatable bonds is 3. The van der Waals surface area contributed by atoms with Crippen molar-refractivity contribution >= 4 is 11.7 Å². The van der Waals surface area contributed by atoms with E-state index >= 15 is 0 Å². The van der Waals surface area contributed by atoms with Gasteiger partial charge in [0.1, 0.15) is 0 Å². The number of pyridine rings is 1. The van der Waals surface area contributed by atoms with Gasteiger partial charge in [-0.1, -0.05) is 12.1 Å². The highest BCUT2D eigenvalue weighted by atomic mass is 16.4. The normalized spacial score (nSPS) is 10.2. The Morgan fingerprint density at radius 2 is 2.00 bits per heavy atom. The van der Waals surface area contributed by atoms with Gasteiger partial charge in [0.15, 0.2) is 5.82 Å². The lowest BCUT2D eigenvalue weighted by molar-refractivity contribution is 0.0697. The number of nitrogen functional groups attached to an aromatic ring is 1. The Morgan fingerprint density at radius 3 is 2.61 bits per heavy atom. The van der Waals surface area contributed by atoms with Crippen LogP contribution < -0.4 is 5.73 Å².